The molecular formula is C53H110N2O6P+. The highest BCUT2D eigenvalue weighted by atomic mass is 31.2. The Morgan fingerprint density at radius 1 is 0.484 bits per heavy atom. The van der Waals surface area contributed by atoms with Crippen molar-refractivity contribution in [2.24, 2.45) is 0 Å². The lowest BCUT2D eigenvalue weighted by molar-refractivity contribution is -0.870. The summed E-state index contributed by atoms with van der Waals surface area (Å²) in [5.41, 5.74) is 0. The van der Waals surface area contributed by atoms with Gasteiger partial charge in [0.25, 0.3) is 0 Å². The van der Waals surface area contributed by atoms with Crippen LogP contribution < -0.4 is 5.32 Å². The maximum Gasteiger partial charge on any atom is 0.472 e. The van der Waals surface area contributed by atoms with Crippen molar-refractivity contribution in [3.05, 3.63) is 0 Å². The molecule has 0 aliphatic heterocycles. The number of quaternary nitrogens is 1. The van der Waals surface area contributed by atoms with Crippen molar-refractivity contribution in [3.8, 4) is 0 Å². The third-order valence-corrected chi connectivity index (χ3v) is 13.8. The van der Waals surface area contributed by atoms with Crippen molar-refractivity contribution < 1.29 is 32.9 Å². The van der Waals surface area contributed by atoms with Crippen LogP contribution in [0.15, 0.2) is 0 Å². The Kier molecular flexibility index (Phi) is 45.3. The molecule has 0 saturated heterocycles. The second kappa shape index (κ2) is 45.6. The van der Waals surface area contributed by atoms with Gasteiger partial charge in [0, 0.05) is 6.42 Å². The van der Waals surface area contributed by atoms with E-state index >= 15 is 0 Å². The van der Waals surface area contributed by atoms with Gasteiger partial charge in [0.05, 0.1) is 39.9 Å². The van der Waals surface area contributed by atoms with Gasteiger partial charge < -0.3 is 19.8 Å². The molecule has 0 spiro atoms. The fraction of sp³-hybridized carbons (Fsp3) is 0.981. The molecule has 372 valence electrons. The lowest BCUT2D eigenvalue weighted by Crippen LogP contribution is -2.46. The lowest BCUT2D eigenvalue weighted by Gasteiger charge is -2.26. The topological polar surface area (TPSA) is 105 Å². The van der Waals surface area contributed by atoms with Crippen LogP contribution in [-0.4, -0.2) is 73.4 Å². The van der Waals surface area contributed by atoms with Crippen molar-refractivity contribution in [3.63, 3.8) is 0 Å². The van der Waals surface area contributed by atoms with Crippen LogP contribution in [0, 0.1) is 0 Å². The van der Waals surface area contributed by atoms with Gasteiger partial charge >= 0.3 is 7.82 Å². The van der Waals surface area contributed by atoms with Crippen molar-refractivity contribution in [1.29, 1.82) is 0 Å². The van der Waals surface area contributed by atoms with Crippen LogP contribution in [0.1, 0.15) is 284 Å². The molecule has 0 aromatic heterocycles. The minimum absolute atomic E-state index is 0.0789. The monoisotopic (exact) mass is 902 g/mol. The highest BCUT2D eigenvalue weighted by molar-refractivity contribution is 7.47. The first-order valence-corrected chi connectivity index (χ1v) is 28.9. The zero-order valence-electron chi connectivity index (χ0n) is 42.4. The van der Waals surface area contributed by atoms with E-state index in [2.05, 4.69) is 19.2 Å². The van der Waals surface area contributed by atoms with E-state index in [0.717, 1.165) is 38.5 Å². The molecule has 3 atom stereocenters. The zero-order chi connectivity index (χ0) is 45.7. The predicted octanol–water partition coefficient (Wildman–Crippen LogP) is 16.1. The average Bonchev–Trinajstić information content (AvgIpc) is 3.23. The molecule has 0 aromatic carbocycles. The Bertz CT molecular complexity index is 978. The standard InChI is InChI=1S/C53H109N2O6P/c1-6-8-10-12-14-16-18-20-22-23-24-25-26-27-28-29-30-31-33-35-37-39-41-43-45-47-53(57)54-51(50-61-62(58,59)60-49-48-55(3,4)5)52(56)46-44-42-40-38-36-34-32-21-19-17-15-13-11-9-7-2/h51-52,56H,6-50H2,1-5H3,(H-,54,57,58,59)/p+1. The lowest BCUT2D eigenvalue weighted by atomic mass is 10.0. The summed E-state index contributed by atoms with van der Waals surface area (Å²) in [6.45, 7) is 4.93. The number of likely N-dealkylation sites (N-methyl/N-ethyl adjacent to an activating group) is 1. The van der Waals surface area contributed by atoms with E-state index in [0.29, 0.717) is 23.9 Å². The molecule has 0 aromatic rings. The number of carbonyl (C=O) groups excluding carboxylic acids is 1. The number of unbranched alkanes of at least 4 members (excludes halogenated alkanes) is 38. The van der Waals surface area contributed by atoms with Crippen molar-refractivity contribution in [2.75, 3.05) is 40.9 Å². The molecule has 62 heavy (non-hydrogen) atoms. The van der Waals surface area contributed by atoms with Crippen LogP contribution >= 0.6 is 7.82 Å². The maximum absolute atomic E-state index is 13.0. The minimum atomic E-state index is -4.31. The van der Waals surface area contributed by atoms with Crippen LogP contribution in [0.4, 0.5) is 0 Å². The summed E-state index contributed by atoms with van der Waals surface area (Å²) in [6.07, 6.45) is 52.9. The molecule has 3 unspecified atom stereocenters. The average molecular weight is 902 g/mol. The molecule has 3 N–H and O–H groups in total. The molecule has 9 heteroatoms. The summed E-state index contributed by atoms with van der Waals surface area (Å²) in [6, 6.07) is -0.754. The number of nitrogens with one attached hydrogen (secondary N) is 1. The third kappa shape index (κ3) is 47.5. The fourth-order valence-corrected chi connectivity index (χ4v) is 9.26. The van der Waals surface area contributed by atoms with E-state index in [1.165, 1.54) is 218 Å². The summed E-state index contributed by atoms with van der Waals surface area (Å²) in [5, 5.41) is 14.0. The Morgan fingerprint density at radius 3 is 1.08 bits per heavy atom. The van der Waals surface area contributed by atoms with Gasteiger partial charge in [-0.05, 0) is 12.8 Å². The van der Waals surface area contributed by atoms with Crippen LogP contribution in [0.3, 0.4) is 0 Å². The number of amides is 1. The maximum atomic E-state index is 13.0. The smallest absolute Gasteiger partial charge is 0.391 e. The van der Waals surface area contributed by atoms with Gasteiger partial charge in [0.2, 0.25) is 5.91 Å². The second-order valence-corrected chi connectivity index (χ2v) is 21.8. The molecule has 0 heterocycles. The van der Waals surface area contributed by atoms with Gasteiger partial charge in [-0.1, -0.05) is 264 Å². The highest BCUT2D eigenvalue weighted by Crippen LogP contribution is 2.43. The van der Waals surface area contributed by atoms with Gasteiger partial charge in [0.15, 0.2) is 0 Å². The summed E-state index contributed by atoms with van der Waals surface area (Å²) in [5.74, 6) is -0.137. The number of rotatable bonds is 51. The van der Waals surface area contributed by atoms with E-state index in [-0.39, 0.29) is 19.1 Å². The summed E-state index contributed by atoms with van der Waals surface area (Å²) in [4.78, 5) is 23.3. The first kappa shape index (κ1) is 61.5. The Hall–Kier alpha value is -0.500. The first-order valence-electron chi connectivity index (χ1n) is 27.4. The van der Waals surface area contributed by atoms with Gasteiger partial charge in [-0.15, -0.1) is 0 Å². The number of hydrogen-bond donors (Lipinski definition) is 3. The predicted molar refractivity (Wildman–Crippen MR) is 268 cm³/mol. The SMILES string of the molecule is CCCCCCCCCCCCCCCCCCCCCCCCCCCC(=O)NC(COP(=O)(O)OCC[N+](C)(C)C)C(O)CCCCCCCCCCCCCCCCC. The van der Waals surface area contributed by atoms with Gasteiger partial charge in [0.1, 0.15) is 13.2 Å². The Labute approximate surface area is 387 Å². The molecule has 0 aliphatic rings. The van der Waals surface area contributed by atoms with Crippen LogP contribution in [0.25, 0.3) is 0 Å². The molecule has 0 fully saturated rings. The Balaban J connectivity index is 4.10. The van der Waals surface area contributed by atoms with Crippen LogP contribution in [0.5, 0.6) is 0 Å². The van der Waals surface area contributed by atoms with E-state index in [1.54, 1.807) is 0 Å². The number of carbonyl (C=O) groups is 1. The van der Waals surface area contributed by atoms with E-state index in [1.807, 2.05) is 21.1 Å². The minimum Gasteiger partial charge on any atom is -0.391 e. The van der Waals surface area contributed by atoms with Gasteiger partial charge in [-0.2, -0.15) is 0 Å². The fourth-order valence-electron chi connectivity index (χ4n) is 8.52. The summed E-state index contributed by atoms with van der Waals surface area (Å²) in [7, 11) is 1.63. The summed E-state index contributed by atoms with van der Waals surface area (Å²) >= 11 is 0. The molecule has 0 aliphatic carbocycles. The third-order valence-electron chi connectivity index (χ3n) is 12.9. The molecule has 1 amide bonds. The largest absolute Gasteiger partial charge is 0.472 e. The number of aliphatic hydroxyl groups is 1. The van der Waals surface area contributed by atoms with Crippen molar-refractivity contribution >= 4 is 13.7 Å². The number of hydrogen-bond acceptors (Lipinski definition) is 5. The number of aliphatic hydroxyl groups excluding tert-OH is 1. The number of phosphoric acid groups is 1. The van der Waals surface area contributed by atoms with E-state index in [4.69, 9.17) is 9.05 Å². The van der Waals surface area contributed by atoms with Crippen molar-refractivity contribution in [2.45, 2.75) is 296 Å². The van der Waals surface area contributed by atoms with E-state index < -0.39 is 20.0 Å². The Morgan fingerprint density at radius 2 is 0.774 bits per heavy atom. The van der Waals surface area contributed by atoms with Crippen LogP contribution in [-0.2, 0) is 18.4 Å². The summed E-state index contributed by atoms with van der Waals surface area (Å²) < 4.78 is 23.7. The van der Waals surface area contributed by atoms with Crippen molar-refractivity contribution in [1.82, 2.24) is 5.32 Å². The molecule has 0 bridgehead atoms. The molecular weight excluding hydrogens is 792 g/mol. The quantitative estimate of drug-likeness (QED) is 0.0319. The second-order valence-electron chi connectivity index (χ2n) is 20.3. The molecule has 8 nitrogen and oxygen atoms in total. The van der Waals surface area contributed by atoms with Gasteiger partial charge in [-0.3, -0.25) is 13.8 Å². The molecule has 0 rings (SSSR count). The van der Waals surface area contributed by atoms with Gasteiger partial charge in [-0.25, -0.2) is 4.57 Å². The normalized spacial score (nSPS) is 14.0. The first-order chi connectivity index (χ1) is 30.0. The number of nitrogens with zero attached hydrogens (tertiary/aromatic N) is 1. The molecule has 0 radical (unpaired) electrons. The van der Waals surface area contributed by atoms with E-state index in [9.17, 15) is 19.4 Å². The zero-order valence-corrected chi connectivity index (χ0v) is 43.3. The highest BCUT2D eigenvalue weighted by Gasteiger charge is 2.28. The van der Waals surface area contributed by atoms with Crippen LogP contribution in [0.2, 0.25) is 0 Å². The number of phosphoric ester groups is 1. The molecule has 0 saturated carbocycles.